The normalized spacial score (nSPS) is 17.3. The Labute approximate surface area is 224 Å². The number of H-pyrrole nitrogens is 2. The number of carbonyl (C=O) groups is 4. The summed E-state index contributed by atoms with van der Waals surface area (Å²) in [4.78, 5) is 66.8. The quantitative estimate of drug-likeness (QED) is 0.178. The van der Waals surface area contributed by atoms with E-state index in [1.54, 1.807) is 6.20 Å². The van der Waals surface area contributed by atoms with Crippen molar-refractivity contribution in [3.05, 3.63) is 72.3 Å². The third kappa shape index (κ3) is 7.29. The summed E-state index contributed by atoms with van der Waals surface area (Å²) < 4.78 is 0. The van der Waals surface area contributed by atoms with Crippen LogP contribution in [0.3, 0.4) is 0 Å². The van der Waals surface area contributed by atoms with Gasteiger partial charge in [0.15, 0.2) is 0 Å². The Kier molecular flexibility index (Phi) is 9.05. The number of likely N-dealkylation sites (tertiary alicyclic amines) is 1. The van der Waals surface area contributed by atoms with E-state index in [0.717, 1.165) is 5.56 Å². The molecule has 0 saturated carbocycles. The summed E-state index contributed by atoms with van der Waals surface area (Å²) in [6, 6.07) is 5.10. The number of carboxylic acids is 1. The second kappa shape index (κ2) is 12.8. The minimum absolute atomic E-state index is 0.0682. The Hall–Kier alpha value is -4.52. The summed E-state index contributed by atoms with van der Waals surface area (Å²) in [7, 11) is 0. The maximum absolute atomic E-state index is 13.6. The smallest absolute Gasteiger partial charge is 0.326 e. The number of nitrogens with two attached hydrogens (primary N) is 1. The van der Waals surface area contributed by atoms with E-state index >= 15 is 0 Å². The van der Waals surface area contributed by atoms with Crippen molar-refractivity contribution >= 4 is 23.7 Å². The lowest BCUT2D eigenvalue weighted by molar-refractivity contribution is -0.149. The third-order valence-electron chi connectivity index (χ3n) is 6.66. The molecule has 4 atom stereocenters. The number of imidazole rings is 2. The first-order valence-electron chi connectivity index (χ1n) is 12.7. The number of aliphatic carboxylic acids is 1. The Morgan fingerprint density at radius 1 is 0.949 bits per heavy atom. The molecule has 1 fully saturated rings. The van der Waals surface area contributed by atoms with E-state index in [1.807, 2.05) is 30.3 Å². The van der Waals surface area contributed by atoms with Gasteiger partial charge in [-0.2, -0.15) is 0 Å². The summed E-state index contributed by atoms with van der Waals surface area (Å²) in [5, 5.41) is 15.1. The first kappa shape index (κ1) is 27.5. The van der Waals surface area contributed by atoms with E-state index in [2.05, 4.69) is 30.6 Å². The lowest BCUT2D eigenvalue weighted by Crippen LogP contribution is -2.58. The summed E-state index contributed by atoms with van der Waals surface area (Å²) in [5.41, 5.74) is 8.15. The Morgan fingerprint density at radius 3 is 2.21 bits per heavy atom. The number of nitrogens with one attached hydrogen (secondary N) is 4. The van der Waals surface area contributed by atoms with Gasteiger partial charge in [-0.25, -0.2) is 14.8 Å². The lowest BCUT2D eigenvalue weighted by atomic mass is 10.0. The zero-order valence-electron chi connectivity index (χ0n) is 21.2. The van der Waals surface area contributed by atoms with Crippen LogP contribution in [0, 0.1) is 0 Å². The van der Waals surface area contributed by atoms with E-state index < -0.39 is 47.9 Å². The number of amides is 3. The van der Waals surface area contributed by atoms with Crippen LogP contribution >= 0.6 is 0 Å². The van der Waals surface area contributed by atoms with Crippen LogP contribution in [0.5, 0.6) is 0 Å². The van der Waals surface area contributed by atoms with Crippen molar-refractivity contribution in [2.75, 3.05) is 6.54 Å². The molecule has 3 amide bonds. The van der Waals surface area contributed by atoms with Crippen molar-refractivity contribution in [3.8, 4) is 0 Å². The highest BCUT2D eigenvalue weighted by Gasteiger charge is 2.38. The summed E-state index contributed by atoms with van der Waals surface area (Å²) in [5.74, 6) is -2.73. The molecule has 2 aromatic heterocycles. The van der Waals surface area contributed by atoms with Crippen LogP contribution in [0.2, 0.25) is 0 Å². The average Bonchev–Trinajstić information content (AvgIpc) is 3.71. The molecule has 0 bridgehead atoms. The van der Waals surface area contributed by atoms with Crippen LogP contribution < -0.4 is 16.4 Å². The maximum Gasteiger partial charge on any atom is 0.326 e. The minimum atomic E-state index is -1.09. The zero-order chi connectivity index (χ0) is 27.8. The second-order valence-corrected chi connectivity index (χ2v) is 9.51. The zero-order valence-corrected chi connectivity index (χ0v) is 21.2. The Bertz CT molecular complexity index is 1250. The average molecular weight is 537 g/mol. The van der Waals surface area contributed by atoms with E-state index in [9.17, 15) is 24.3 Å². The monoisotopic (exact) mass is 536 g/mol. The van der Waals surface area contributed by atoms with Gasteiger partial charge in [0.1, 0.15) is 18.1 Å². The fraction of sp³-hybridized carbons (Fsp3) is 0.385. The molecule has 0 spiro atoms. The standard InChI is InChI=1S/C26H32N8O5/c27-19(10-17-12-28-14-30-17)23(35)32-20(9-16-5-2-1-3-6-16)24(36)33-21(11-18-13-29-15-31-18)25(37)34-8-4-7-22(34)26(38)39/h1-3,5-6,12-15,19-22H,4,7-11,27H2,(H,28,30)(H,29,31)(H,32,35)(H,33,36)(H,38,39). The van der Waals surface area contributed by atoms with Gasteiger partial charge in [-0.1, -0.05) is 30.3 Å². The highest BCUT2D eigenvalue weighted by atomic mass is 16.4. The molecule has 13 nitrogen and oxygen atoms in total. The predicted octanol–water partition coefficient (Wildman–Crippen LogP) is -0.467. The summed E-state index contributed by atoms with van der Waals surface area (Å²) in [6.07, 6.45) is 7.34. The van der Waals surface area contributed by atoms with E-state index in [1.165, 1.54) is 23.8 Å². The van der Waals surface area contributed by atoms with Crippen LogP contribution in [0.25, 0.3) is 0 Å². The van der Waals surface area contributed by atoms with Gasteiger partial charge in [-0.05, 0) is 18.4 Å². The molecule has 39 heavy (non-hydrogen) atoms. The van der Waals surface area contributed by atoms with Gasteiger partial charge in [-0.15, -0.1) is 0 Å². The van der Waals surface area contributed by atoms with Gasteiger partial charge in [-0.3, -0.25) is 14.4 Å². The van der Waals surface area contributed by atoms with Crippen molar-refractivity contribution in [3.63, 3.8) is 0 Å². The van der Waals surface area contributed by atoms with Crippen LogP contribution in [0.15, 0.2) is 55.4 Å². The van der Waals surface area contributed by atoms with E-state index in [-0.39, 0.29) is 25.8 Å². The van der Waals surface area contributed by atoms with E-state index in [0.29, 0.717) is 24.2 Å². The third-order valence-corrected chi connectivity index (χ3v) is 6.66. The van der Waals surface area contributed by atoms with Crippen LogP contribution in [-0.2, 0) is 38.4 Å². The number of nitrogens with zero attached hydrogens (tertiary/aromatic N) is 3. The molecule has 1 aliphatic heterocycles. The molecule has 7 N–H and O–H groups in total. The van der Waals surface area contributed by atoms with Gasteiger partial charge >= 0.3 is 5.97 Å². The molecular formula is C26H32N8O5. The first-order valence-corrected chi connectivity index (χ1v) is 12.7. The number of aromatic nitrogens is 4. The maximum atomic E-state index is 13.6. The number of aromatic amines is 2. The van der Waals surface area contributed by atoms with Crippen LogP contribution in [-0.4, -0.2) is 84.3 Å². The molecule has 206 valence electrons. The lowest BCUT2D eigenvalue weighted by Gasteiger charge is -2.29. The van der Waals surface area contributed by atoms with Crippen molar-refractivity contribution in [1.29, 1.82) is 0 Å². The van der Waals surface area contributed by atoms with Gasteiger partial charge in [0, 0.05) is 49.6 Å². The highest BCUT2D eigenvalue weighted by molar-refractivity contribution is 5.94. The number of hydrogen-bond acceptors (Lipinski definition) is 7. The first-order chi connectivity index (χ1) is 18.8. The molecule has 0 radical (unpaired) electrons. The summed E-state index contributed by atoms with van der Waals surface area (Å²) >= 11 is 0. The van der Waals surface area contributed by atoms with Gasteiger partial charge in [0.05, 0.1) is 18.7 Å². The molecule has 1 saturated heterocycles. The van der Waals surface area contributed by atoms with Gasteiger partial charge < -0.3 is 36.3 Å². The second-order valence-electron chi connectivity index (χ2n) is 9.51. The topological polar surface area (TPSA) is 199 Å². The molecule has 1 aromatic carbocycles. The number of hydrogen-bond donors (Lipinski definition) is 6. The molecule has 4 rings (SSSR count). The number of benzene rings is 1. The summed E-state index contributed by atoms with van der Waals surface area (Å²) in [6.45, 7) is 0.276. The number of carbonyl (C=O) groups excluding carboxylic acids is 3. The van der Waals surface area contributed by atoms with E-state index in [4.69, 9.17) is 5.73 Å². The Morgan fingerprint density at radius 2 is 1.59 bits per heavy atom. The van der Waals surface area contributed by atoms with Crippen molar-refractivity contribution < 1.29 is 24.3 Å². The molecule has 1 aliphatic rings. The largest absolute Gasteiger partial charge is 0.480 e. The predicted molar refractivity (Wildman–Crippen MR) is 139 cm³/mol. The number of carboxylic acid groups (broad SMARTS) is 1. The minimum Gasteiger partial charge on any atom is -0.480 e. The molecule has 3 heterocycles. The Balaban J connectivity index is 1.53. The fourth-order valence-corrected chi connectivity index (χ4v) is 4.64. The number of rotatable bonds is 12. The molecular weight excluding hydrogens is 504 g/mol. The van der Waals surface area contributed by atoms with Gasteiger partial charge in [0.2, 0.25) is 17.7 Å². The molecule has 3 aromatic rings. The van der Waals surface area contributed by atoms with Crippen molar-refractivity contribution in [1.82, 2.24) is 35.5 Å². The van der Waals surface area contributed by atoms with Crippen LogP contribution in [0.4, 0.5) is 0 Å². The highest BCUT2D eigenvalue weighted by Crippen LogP contribution is 2.19. The molecule has 0 aliphatic carbocycles. The van der Waals surface area contributed by atoms with Crippen molar-refractivity contribution in [2.45, 2.75) is 56.3 Å². The fourth-order valence-electron chi connectivity index (χ4n) is 4.64. The van der Waals surface area contributed by atoms with Gasteiger partial charge in [0.25, 0.3) is 0 Å². The SMILES string of the molecule is NC(Cc1cnc[nH]1)C(=O)NC(Cc1ccccc1)C(=O)NC(Cc1cnc[nH]1)C(=O)N1CCCC1C(=O)O. The van der Waals surface area contributed by atoms with Crippen LogP contribution in [0.1, 0.15) is 29.8 Å². The molecule has 4 unspecified atom stereocenters. The van der Waals surface area contributed by atoms with Crippen molar-refractivity contribution in [2.24, 2.45) is 5.73 Å². The molecule has 13 heteroatoms.